The van der Waals surface area contributed by atoms with E-state index in [0.717, 1.165) is 16.9 Å². The number of carbonyl (C=O) groups excluding carboxylic acids is 1. The van der Waals surface area contributed by atoms with Crippen LogP contribution in [0.25, 0.3) is 0 Å². The van der Waals surface area contributed by atoms with Crippen LogP contribution in [0.15, 0.2) is 12.1 Å². The summed E-state index contributed by atoms with van der Waals surface area (Å²) in [6, 6.07) is 4.00. The SMILES string of the molecule is CCOC(=O)c1c(C)cc(N(C)C)cc1N(C)C. The van der Waals surface area contributed by atoms with Crippen LogP contribution in [0, 0.1) is 6.92 Å². The number of ether oxygens (including phenoxy) is 1. The fourth-order valence-electron chi connectivity index (χ4n) is 1.83. The molecule has 0 fully saturated rings. The van der Waals surface area contributed by atoms with Gasteiger partial charge in [-0.2, -0.15) is 0 Å². The molecule has 0 heterocycles. The second kappa shape index (κ2) is 5.76. The Morgan fingerprint density at radius 2 is 1.78 bits per heavy atom. The van der Waals surface area contributed by atoms with E-state index in [-0.39, 0.29) is 5.97 Å². The first-order valence-corrected chi connectivity index (χ1v) is 6.04. The number of nitrogens with zero attached hydrogens (tertiary/aromatic N) is 2. The molecule has 18 heavy (non-hydrogen) atoms. The molecule has 1 rings (SSSR count). The maximum Gasteiger partial charge on any atom is 0.340 e. The maximum absolute atomic E-state index is 12.0. The number of esters is 1. The van der Waals surface area contributed by atoms with E-state index in [2.05, 4.69) is 0 Å². The van der Waals surface area contributed by atoms with Crippen LogP contribution in [0.3, 0.4) is 0 Å². The third-order valence-electron chi connectivity index (χ3n) is 2.78. The molecule has 0 amide bonds. The average molecular weight is 250 g/mol. The predicted molar refractivity (Wildman–Crippen MR) is 75.8 cm³/mol. The first-order valence-electron chi connectivity index (χ1n) is 6.04. The van der Waals surface area contributed by atoms with Gasteiger partial charge in [0.25, 0.3) is 0 Å². The van der Waals surface area contributed by atoms with Gasteiger partial charge in [0, 0.05) is 33.9 Å². The van der Waals surface area contributed by atoms with Crippen LogP contribution in [-0.4, -0.2) is 40.8 Å². The number of anilines is 2. The van der Waals surface area contributed by atoms with Gasteiger partial charge in [0.05, 0.1) is 17.9 Å². The van der Waals surface area contributed by atoms with Crippen LogP contribution >= 0.6 is 0 Å². The fourth-order valence-corrected chi connectivity index (χ4v) is 1.83. The van der Waals surface area contributed by atoms with Crippen LogP contribution in [0.1, 0.15) is 22.8 Å². The average Bonchev–Trinajstić information content (AvgIpc) is 2.27. The molecule has 100 valence electrons. The van der Waals surface area contributed by atoms with E-state index in [9.17, 15) is 4.79 Å². The van der Waals surface area contributed by atoms with Gasteiger partial charge < -0.3 is 14.5 Å². The van der Waals surface area contributed by atoms with Gasteiger partial charge in [-0.3, -0.25) is 0 Å². The summed E-state index contributed by atoms with van der Waals surface area (Å²) in [5.74, 6) is -0.260. The Labute approximate surface area is 109 Å². The van der Waals surface area contributed by atoms with Crippen molar-refractivity contribution in [1.82, 2.24) is 0 Å². The van der Waals surface area contributed by atoms with Gasteiger partial charge in [-0.05, 0) is 31.5 Å². The summed E-state index contributed by atoms with van der Waals surface area (Å²) in [5, 5.41) is 0. The number of carbonyl (C=O) groups is 1. The number of aryl methyl sites for hydroxylation is 1. The molecule has 0 N–H and O–H groups in total. The van der Waals surface area contributed by atoms with Gasteiger partial charge in [0.2, 0.25) is 0 Å². The summed E-state index contributed by atoms with van der Waals surface area (Å²) < 4.78 is 5.12. The van der Waals surface area contributed by atoms with E-state index in [4.69, 9.17) is 4.74 Å². The highest BCUT2D eigenvalue weighted by atomic mass is 16.5. The minimum Gasteiger partial charge on any atom is -0.462 e. The lowest BCUT2D eigenvalue weighted by molar-refractivity contribution is 0.0526. The zero-order valence-electron chi connectivity index (χ0n) is 12.1. The smallest absolute Gasteiger partial charge is 0.340 e. The highest BCUT2D eigenvalue weighted by molar-refractivity contribution is 5.98. The molecule has 4 heteroatoms. The van der Waals surface area contributed by atoms with Crippen molar-refractivity contribution in [3.8, 4) is 0 Å². The standard InChI is InChI=1S/C14H22N2O2/c1-7-18-14(17)13-10(2)8-11(15(3)4)9-12(13)16(5)6/h8-9H,7H2,1-6H3. The van der Waals surface area contributed by atoms with Crippen LogP contribution in [0.2, 0.25) is 0 Å². The molecule has 1 aromatic carbocycles. The first-order chi connectivity index (χ1) is 8.38. The summed E-state index contributed by atoms with van der Waals surface area (Å²) in [6.45, 7) is 4.14. The molecular weight excluding hydrogens is 228 g/mol. The molecule has 0 aliphatic heterocycles. The van der Waals surface area contributed by atoms with Gasteiger partial charge in [-0.25, -0.2) is 4.79 Å². The second-order valence-electron chi connectivity index (χ2n) is 4.67. The quantitative estimate of drug-likeness (QED) is 0.768. The van der Waals surface area contributed by atoms with E-state index in [0.29, 0.717) is 12.2 Å². The Bertz CT molecular complexity index is 440. The molecule has 0 spiro atoms. The van der Waals surface area contributed by atoms with Crippen molar-refractivity contribution < 1.29 is 9.53 Å². The third kappa shape index (κ3) is 2.94. The monoisotopic (exact) mass is 250 g/mol. The molecule has 0 aromatic heterocycles. The maximum atomic E-state index is 12.0. The summed E-state index contributed by atoms with van der Waals surface area (Å²) in [6.07, 6.45) is 0. The predicted octanol–water partition coefficient (Wildman–Crippen LogP) is 2.30. The van der Waals surface area contributed by atoms with Crippen LogP contribution in [0.5, 0.6) is 0 Å². The van der Waals surface area contributed by atoms with E-state index in [1.165, 1.54) is 0 Å². The zero-order valence-corrected chi connectivity index (χ0v) is 12.1. The van der Waals surface area contributed by atoms with Gasteiger partial charge in [0.1, 0.15) is 0 Å². The second-order valence-corrected chi connectivity index (χ2v) is 4.67. The van der Waals surface area contributed by atoms with E-state index in [1.807, 2.05) is 64.0 Å². The van der Waals surface area contributed by atoms with Gasteiger partial charge in [0.15, 0.2) is 0 Å². The minimum absolute atomic E-state index is 0.260. The molecule has 0 aliphatic rings. The Morgan fingerprint density at radius 1 is 1.17 bits per heavy atom. The molecule has 0 atom stereocenters. The minimum atomic E-state index is -0.260. The van der Waals surface area contributed by atoms with Gasteiger partial charge >= 0.3 is 5.97 Å². The molecule has 4 nitrogen and oxygen atoms in total. The normalized spacial score (nSPS) is 10.1. The Balaban J connectivity index is 3.36. The number of benzene rings is 1. The molecular formula is C14H22N2O2. The zero-order chi connectivity index (χ0) is 13.9. The van der Waals surface area contributed by atoms with E-state index < -0.39 is 0 Å². The van der Waals surface area contributed by atoms with Crippen molar-refractivity contribution in [3.05, 3.63) is 23.3 Å². The largest absolute Gasteiger partial charge is 0.462 e. The topological polar surface area (TPSA) is 32.8 Å². The number of hydrogen-bond donors (Lipinski definition) is 0. The van der Waals surface area contributed by atoms with Gasteiger partial charge in [-0.1, -0.05) is 0 Å². The van der Waals surface area contributed by atoms with Crippen molar-refractivity contribution in [2.45, 2.75) is 13.8 Å². The van der Waals surface area contributed by atoms with Crippen molar-refractivity contribution >= 4 is 17.3 Å². The van der Waals surface area contributed by atoms with Crippen LogP contribution in [0.4, 0.5) is 11.4 Å². The molecule has 0 radical (unpaired) electrons. The lowest BCUT2D eigenvalue weighted by atomic mass is 10.0. The van der Waals surface area contributed by atoms with Crippen LogP contribution < -0.4 is 9.80 Å². The van der Waals surface area contributed by atoms with Crippen molar-refractivity contribution in [3.63, 3.8) is 0 Å². The summed E-state index contributed by atoms with van der Waals surface area (Å²) in [5.41, 5.74) is 3.54. The Morgan fingerprint density at radius 3 is 2.22 bits per heavy atom. The molecule has 1 aromatic rings. The van der Waals surface area contributed by atoms with Crippen LogP contribution in [-0.2, 0) is 4.74 Å². The highest BCUT2D eigenvalue weighted by Gasteiger charge is 2.18. The first kappa shape index (κ1) is 14.4. The lowest BCUT2D eigenvalue weighted by Crippen LogP contribution is -2.18. The summed E-state index contributed by atoms with van der Waals surface area (Å²) in [7, 11) is 7.82. The molecule has 0 bridgehead atoms. The molecule has 0 unspecified atom stereocenters. The Hall–Kier alpha value is -1.71. The van der Waals surface area contributed by atoms with E-state index >= 15 is 0 Å². The Kier molecular flexibility index (Phi) is 4.59. The van der Waals surface area contributed by atoms with Gasteiger partial charge in [-0.15, -0.1) is 0 Å². The molecule has 0 saturated carbocycles. The van der Waals surface area contributed by atoms with Crippen molar-refractivity contribution in [2.75, 3.05) is 44.6 Å². The lowest BCUT2D eigenvalue weighted by Gasteiger charge is -2.22. The third-order valence-corrected chi connectivity index (χ3v) is 2.78. The molecule has 0 saturated heterocycles. The number of hydrogen-bond acceptors (Lipinski definition) is 4. The fraction of sp³-hybridized carbons (Fsp3) is 0.500. The highest BCUT2D eigenvalue weighted by Crippen LogP contribution is 2.29. The number of rotatable bonds is 4. The van der Waals surface area contributed by atoms with E-state index in [1.54, 1.807) is 0 Å². The summed E-state index contributed by atoms with van der Waals surface area (Å²) in [4.78, 5) is 16.0. The summed E-state index contributed by atoms with van der Waals surface area (Å²) >= 11 is 0. The van der Waals surface area contributed by atoms with Crippen molar-refractivity contribution in [1.29, 1.82) is 0 Å². The molecule has 0 aliphatic carbocycles. The van der Waals surface area contributed by atoms with Crippen molar-refractivity contribution in [2.24, 2.45) is 0 Å².